The molecule has 16 heavy (non-hydrogen) atoms. The van der Waals surface area contributed by atoms with Gasteiger partial charge in [-0.2, -0.15) is 0 Å². The average Bonchev–Trinajstić information content (AvgIpc) is 2.96. The van der Waals surface area contributed by atoms with Crippen molar-refractivity contribution < 1.29 is 4.42 Å². The van der Waals surface area contributed by atoms with E-state index < -0.39 is 0 Å². The van der Waals surface area contributed by atoms with Gasteiger partial charge in [0.15, 0.2) is 11.4 Å². The Labute approximate surface area is 91.5 Å². The first-order chi connectivity index (χ1) is 7.86. The third-order valence-corrected chi connectivity index (χ3v) is 2.38. The molecule has 0 saturated heterocycles. The zero-order valence-electron chi connectivity index (χ0n) is 8.50. The summed E-state index contributed by atoms with van der Waals surface area (Å²) in [5.74, 6) is 1.25. The van der Waals surface area contributed by atoms with Crippen LogP contribution in [0.4, 0.5) is 0 Å². The predicted octanol–water partition coefficient (Wildman–Crippen LogP) is 1.45. The predicted molar refractivity (Wildman–Crippen MR) is 58.6 cm³/mol. The van der Waals surface area contributed by atoms with Crippen molar-refractivity contribution in [3.05, 3.63) is 42.3 Å². The van der Waals surface area contributed by atoms with Crippen LogP contribution in [0.15, 0.2) is 41.1 Å². The highest BCUT2D eigenvalue weighted by Crippen LogP contribution is 2.16. The Morgan fingerprint density at radius 3 is 3.06 bits per heavy atom. The Bertz CT molecular complexity index is 612. The first-order valence-corrected chi connectivity index (χ1v) is 4.96. The lowest BCUT2D eigenvalue weighted by Gasteiger charge is -1.94. The number of pyridine rings is 1. The fraction of sp³-hybridized carbons (Fsp3) is 0.0909. The van der Waals surface area contributed by atoms with Gasteiger partial charge in [-0.1, -0.05) is 0 Å². The van der Waals surface area contributed by atoms with Crippen molar-refractivity contribution in [3.8, 4) is 11.6 Å². The van der Waals surface area contributed by atoms with E-state index in [0.29, 0.717) is 18.1 Å². The lowest BCUT2D eigenvalue weighted by Crippen LogP contribution is -1.97. The van der Waals surface area contributed by atoms with Crippen molar-refractivity contribution in [2.75, 3.05) is 0 Å². The highest BCUT2D eigenvalue weighted by atomic mass is 16.3. The first kappa shape index (κ1) is 9.11. The highest BCUT2D eigenvalue weighted by Gasteiger charge is 2.08. The van der Waals surface area contributed by atoms with Crippen LogP contribution in [0.3, 0.4) is 0 Å². The molecule has 0 unspecified atom stereocenters. The van der Waals surface area contributed by atoms with Gasteiger partial charge in [-0.25, -0.2) is 9.50 Å². The number of fused-ring (bicyclic) bond motifs is 1. The molecule has 0 aliphatic carbocycles. The zero-order valence-corrected chi connectivity index (χ0v) is 8.50. The summed E-state index contributed by atoms with van der Waals surface area (Å²) in [5, 5.41) is 4.30. The smallest absolute Gasteiger partial charge is 0.217 e. The van der Waals surface area contributed by atoms with Crippen LogP contribution in [-0.2, 0) is 6.54 Å². The Kier molecular flexibility index (Phi) is 1.97. The van der Waals surface area contributed by atoms with E-state index in [1.807, 2.05) is 30.5 Å². The summed E-state index contributed by atoms with van der Waals surface area (Å²) < 4.78 is 6.95. The molecule has 0 aliphatic heterocycles. The molecule has 0 bridgehead atoms. The van der Waals surface area contributed by atoms with Crippen LogP contribution in [0.25, 0.3) is 17.2 Å². The van der Waals surface area contributed by atoms with Crippen LogP contribution in [0.2, 0.25) is 0 Å². The summed E-state index contributed by atoms with van der Waals surface area (Å²) in [4.78, 5) is 4.37. The molecule has 0 fully saturated rings. The fourth-order valence-electron chi connectivity index (χ4n) is 1.56. The zero-order chi connectivity index (χ0) is 11.0. The third kappa shape index (κ3) is 1.38. The van der Waals surface area contributed by atoms with Gasteiger partial charge >= 0.3 is 0 Å². The second-order valence-corrected chi connectivity index (χ2v) is 3.45. The SMILES string of the molecule is NCc1ccn2nc(-c3ccco3)nc2c1. The summed E-state index contributed by atoms with van der Waals surface area (Å²) in [5.41, 5.74) is 7.37. The summed E-state index contributed by atoms with van der Waals surface area (Å²) in [7, 11) is 0. The summed E-state index contributed by atoms with van der Waals surface area (Å²) in [6.45, 7) is 0.499. The minimum Gasteiger partial charge on any atom is -0.461 e. The van der Waals surface area contributed by atoms with E-state index in [9.17, 15) is 0 Å². The Hall–Kier alpha value is -2.14. The molecule has 0 saturated carbocycles. The lowest BCUT2D eigenvalue weighted by molar-refractivity contribution is 0.577. The molecule has 0 aliphatic rings. The van der Waals surface area contributed by atoms with Crippen LogP contribution in [0, 0.1) is 0 Å². The molecule has 5 heteroatoms. The maximum Gasteiger partial charge on any atom is 0.217 e. The lowest BCUT2D eigenvalue weighted by atomic mass is 10.3. The minimum atomic E-state index is 0.499. The third-order valence-electron chi connectivity index (χ3n) is 2.38. The van der Waals surface area contributed by atoms with Gasteiger partial charge in [0.1, 0.15) is 0 Å². The molecule has 3 aromatic heterocycles. The van der Waals surface area contributed by atoms with Gasteiger partial charge in [0.05, 0.1) is 6.26 Å². The molecule has 0 atom stereocenters. The topological polar surface area (TPSA) is 69.3 Å². The monoisotopic (exact) mass is 214 g/mol. The maximum absolute atomic E-state index is 5.57. The summed E-state index contributed by atoms with van der Waals surface area (Å²) in [6.07, 6.45) is 3.45. The normalized spacial score (nSPS) is 11.1. The quantitative estimate of drug-likeness (QED) is 0.701. The second-order valence-electron chi connectivity index (χ2n) is 3.45. The van der Waals surface area contributed by atoms with Gasteiger partial charge in [-0.3, -0.25) is 0 Å². The van der Waals surface area contributed by atoms with Gasteiger partial charge in [-0.15, -0.1) is 5.10 Å². The van der Waals surface area contributed by atoms with Crippen LogP contribution in [0.1, 0.15) is 5.56 Å². The average molecular weight is 214 g/mol. The van der Waals surface area contributed by atoms with Gasteiger partial charge < -0.3 is 10.2 Å². The number of furan rings is 1. The van der Waals surface area contributed by atoms with Crippen molar-refractivity contribution in [3.63, 3.8) is 0 Å². The van der Waals surface area contributed by atoms with Crippen LogP contribution in [0.5, 0.6) is 0 Å². The minimum absolute atomic E-state index is 0.499. The number of nitrogens with two attached hydrogens (primary N) is 1. The van der Waals surface area contributed by atoms with Crippen molar-refractivity contribution in [2.45, 2.75) is 6.54 Å². The van der Waals surface area contributed by atoms with E-state index in [2.05, 4.69) is 10.1 Å². The van der Waals surface area contributed by atoms with Crippen molar-refractivity contribution in [1.82, 2.24) is 14.6 Å². The van der Waals surface area contributed by atoms with Crippen molar-refractivity contribution in [2.24, 2.45) is 5.73 Å². The molecular weight excluding hydrogens is 204 g/mol. The van der Waals surface area contributed by atoms with E-state index in [0.717, 1.165) is 11.2 Å². The molecule has 5 nitrogen and oxygen atoms in total. The first-order valence-electron chi connectivity index (χ1n) is 4.96. The van der Waals surface area contributed by atoms with Gasteiger partial charge in [-0.05, 0) is 29.8 Å². The molecule has 3 aromatic rings. The van der Waals surface area contributed by atoms with E-state index in [-0.39, 0.29) is 0 Å². The summed E-state index contributed by atoms with van der Waals surface area (Å²) >= 11 is 0. The van der Waals surface area contributed by atoms with Gasteiger partial charge in [0.25, 0.3) is 0 Å². The Morgan fingerprint density at radius 2 is 2.31 bits per heavy atom. The van der Waals surface area contributed by atoms with Crippen LogP contribution in [-0.4, -0.2) is 14.6 Å². The van der Waals surface area contributed by atoms with E-state index in [1.54, 1.807) is 10.8 Å². The second kappa shape index (κ2) is 3.46. The molecule has 3 rings (SSSR count). The summed E-state index contributed by atoms with van der Waals surface area (Å²) in [6, 6.07) is 7.48. The van der Waals surface area contributed by atoms with E-state index in [4.69, 9.17) is 10.2 Å². The Balaban J connectivity index is 2.16. The largest absolute Gasteiger partial charge is 0.461 e. The molecular formula is C11H10N4O. The highest BCUT2D eigenvalue weighted by molar-refractivity contribution is 5.52. The molecule has 3 heterocycles. The Morgan fingerprint density at radius 1 is 1.38 bits per heavy atom. The fourth-order valence-corrected chi connectivity index (χ4v) is 1.56. The molecule has 0 spiro atoms. The van der Waals surface area contributed by atoms with E-state index in [1.165, 1.54) is 0 Å². The van der Waals surface area contributed by atoms with Crippen molar-refractivity contribution >= 4 is 5.65 Å². The van der Waals surface area contributed by atoms with Crippen LogP contribution < -0.4 is 5.73 Å². The number of aromatic nitrogens is 3. The van der Waals surface area contributed by atoms with Gasteiger partial charge in [0.2, 0.25) is 5.82 Å². The number of hydrogen-bond donors (Lipinski definition) is 1. The number of hydrogen-bond acceptors (Lipinski definition) is 4. The number of nitrogens with zero attached hydrogens (tertiary/aromatic N) is 3. The number of rotatable bonds is 2. The molecule has 2 N–H and O–H groups in total. The standard InChI is InChI=1S/C11H10N4O/c12-7-8-3-4-15-10(6-8)13-11(14-15)9-2-1-5-16-9/h1-6H,7,12H2. The van der Waals surface area contributed by atoms with E-state index >= 15 is 0 Å². The maximum atomic E-state index is 5.57. The molecule has 0 radical (unpaired) electrons. The van der Waals surface area contributed by atoms with Crippen molar-refractivity contribution in [1.29, 1.82) is 0 Å². The van der Waals surface area contributed by atoms with Gasteiger partial charge in [0, 0.05) is 12.7 Å². The molecule has 0 aromatic carbocycles. The van der Waals surface area contributed by atoms with Crippen LogP contribution >= 0.6 is 0 Å². The molecule has 0 amide bonds. The molecule has 80 valence electrons.